The second-order valence-corrected chi connectivity index (χ2v) is 7.88. The highest BCUT2D eigenvalue weighted by molar-refractivity contribution is 8.02. The second-order valence-electron chi connectivity index (χ2n) is 5.11. The first-order valence-electron chi connectivity index (χ1n) is 7.39. The van der Waals surface area contributed by atoms with Gasteiger partial charge in [0.2, 0.25) is 5.91 Å². The first kappa shape index (κ1) is 17.0. The minimum atomic E-state index is -0.166. The number of aromatic nitrogens is 2. The van der Waals surface area contributed by atoms with Gasteiger partial charge in [0, 0.05) is 12.5 Å². The molecule has 0 saturated heterocycles. The lowest BCUT2D eigenvalue weighted by Crippen LogP contribution is -2.34. The number of aryl methyl sites for hydroxylation is 1. The molecule has 2 rings (SSSR count). The minimum absolute atomic E-state index is 0.0484. The lowest BCUT2D eigenvalue weighted by Gasteiger charge is -2.17. The zero-order valence-corrected chi connectivity index (χ0v) is 14.7. The summed E-state index contributed by atoms with van der Waals surface area (Å²) in [6, 6.07) is 10.3. The van der Waals surface area contributed by atoms with Crippen LogP contribution in [0.3, 0.4) is 0 Å². The highest BCUT2D eigenvalue weighted by Crippen LogP contribution is 2.26. The number of nitrogens with zero attached hydrogens (tertiary/aromatic N) is 2. The summed E-state index contributed by atoms with van der Waals surface area (Å²) in [6.07, 6.45) is 1.00. The highest BCUT2D eigenvalue weighted by atomic mass is 32.2. The van der Waals surface area contributed by atoms with Gasteiger partial charge in [-0.15, -0.1) is 10.2 Å². The van der Waals surface area contributed by atoms with E-state index in [1.165, 1.54) is 28.7 Å². The number of amides is 1. The average molecular weight is 335 g/mol. The first-order valence-corrected chi connectivity index (χ1v) is 9.09. The molecule has 0 aliphatic heterocycles. The van der Waals surface area contributed by atoms with Gasteiger partial charge in [0.05, 0.1) is 5.25 Å². The third kappa shape index (κ3) is 4.81. The van der Waals surface area contributed by atoms with Gasteiger partial charge in [-0.05, 0) is 25.8 Å². The number of benzene rings is 1. The van der Waals surface area contributed by atoms with Crippen LogP contribution in [0.5, 0.6) is 0 Å². The molecule has 2 atom stereocenters. The molecule has 22 heavy (non-hydrogen) atoms. The highest BCUT2D eigenvalue weighted by Gasteiger charge is 2.18. The molecule has 1 amide bonds. The molecule has 4 nitrogen and oxygen atoms in total. The first-order chi connectivity index (χ1) is 10.6. The van der Waals surface area contributed by atoms with Crippen LogP contribution in [0.2, 0.25) is 0 Å². The van der Waals surface area contributed by atoms with E-state index in [9.17, 15) is 4.79 Å². The molecule has 1 heterocycles. The summed E-state index contributed by atoms with van der Waals surface area (Å²) in [4.78, 5) is 12.2. The average Bonchev–Trinajstić information content (AvgIpc) is 2.93. The van der Waals surface area contributed by atoms with Gasteiger partial charge >= 0.3 is 0 Å². The Bertz CT molecular complexity index is 600. The third-order valence-corrected chi connectivity index (χ3v) is 5.46. The van der Waals surface area contributed by atoms with E-state index in [4.69, 9.17) is 0 Å². The van der Waals surface area contributed by atoms with Crippen LogP contribution in [0.15, 0.2) is 34.7 Å². The zero-order chi connectivity index (χ0) is 15.9. The maximum absolute atomic E-state index is 12.2. The van der Waals surface area contributed by atoms with Crippen molar-refractivity contribution < 1.29 is 4.79 Å². The quantitative estimate of drug-likeness (QED) is 0.785. The molecule has 0 aliphatic carbocycles. The van der Waals surface area contributed by atoms with Gasteiger partial charge in [0.25, 0.3) is 0 Å². The van der Waals surface area contributed by atoms with Crippen molar-refractivity contribution in [2.75, 3.05) is 6.54 Å². The Morgan fingerprint density at radius 2 is 2.05 bits per heavy atom. The summed E-state index contributed by atoms with van der Waals surface area (Å²) >= 11 is 2.98. The van der Waals surface area contributed by atoms with Gasteiger partial charge in [-0.25, -0.2) is 0 Å². The molecular weight excluding hydrogens is 314 g/mol. The predicted octanol–water partition coefficient (Wildman–Crippen LogP) is 3.64. The lowest BCUT2D eigenvalue weighted by atomic mass is 9.96. The Hall–Kier alpha value is -1.40. The van der Waals surface area contributed by atoms with E-state index in [1.54, 1.807) is 0 Å². The molecule has 118 valence electrons. The van der Waals surface area contributed by atoms with Gasteiger partial charge in [0.15, 0.2) is 4.34 Å². The summed E-state index contributed by atoms with van der Waals surface area (Å²) in [5.74, 6) is 0.401. The van der Waals surface area contributed by atoms with Crippen LogP contribution >= 0.6 is 23.1 Å². The summed E-state index contributed by atoms with van der Waals surface area (Å²) < 4.78 is 0.843. The van der Waals surface area contributed by atoms with Crippen LogP contribution in [0.4, 0.5) is 0 Å². The molecule has 0 aliphatic rings. The SMILES string of the molecule is CC[C@@H](CNC(=O)[C@H](C)Sc1nnc(C)s1)c1ccccc1. The molecule has 0 spiro atoms. The number of nitrogens with one attached hydrogen (secondary N) is 1. The van der Waals surface area contributed by atoms with Crippen LogP contribution in [0.25, 0.3) is 0 Å². The predicted molar refractivity (Wildman–Crippen MR) is 92.4 cm³/mol. The molecule has 0 saturated carbocycles. The number of hydrogen-bond donors (Lipinski definition) is 1. The Morgan fingerprint density at radius 3 is 2.64 bits per heavy atom. The van der Waals surface area contributed by atoms with Crippen molar-refractivity contribution in [2.45, 2.75) is 42.7 Å². The van der Waals surface area contributed by atoms with Crippen LogP contribution in [-0.4, -0.2) is 27.9 Å². The Morgan fingerprint density at radius 1 is 1.32 bits per heavy atom. The Labute approximate surface area is 139 Å². The number of rotatable bonds is 7. The monoisotopic (exact) mass is 335 g/mol. The van der Waals surface area contributed by atoms with Gasteiger partial charge in [-0.3, -0.25) is 4.79 Å². The number of carbonyl (C=O) groups is 1. The molecule has 1 aromatic heterocycles. The van der Waals surface area contributed by atoms with E-state index in [-0.39, 0.29) is 11.2 Å². The Balaban J connectivity index is 1.85. The molecule has 2 aromatic rings. The van der Waals surface area contributed by atoms with Crippen LogP contribution in [0, 0.1) is 6.92 Å². The van der Waals surface area contributed by atoms with Crippen LogP contribution < -0.4 is 5.32 Å². The van der Waals surface area contributed by atoms with E-state index in [1.807, 2.05) is 32.0 Å². The maximum atomic E-state index is 12.2. The lowest BCUT2D eigenvalue weighted by molar-refractivity contribution is -0.120. The fourth-order valence-electron chi connectivity index (χ4n) is 2.12. The molecule has 0 radical (unpaired) electrons. The maximum Gasteiger partial charge on any atom is 0.233 e. The van der Waals surface area contributed by atoms with Crippen molar-refractivity contribution >= 4 is 29.0 Å². The van der Waals surface area contributed by atoms with Crippen LogP contribution in [0.1, 0.15) is 36.8 Å². The smallest absolute Gasteiger partial charge is 0.233 e. The fraction of sp³-hybridized carbons (Fsp3) is 0.438. The van der Waals surface area contributed by atoms with E-state index >= 15 is 0 Å². The fourth-order valence-corrected chi connectivity index (χ4v) is 4.11. The van der Waals surface area contributed by atoms with Crippen molar-refractivity contribution in [1.29, 1.82) is 0 Å². The molecule has 1 aromatic carbocycles. The topological polar surface area (TPSA) is 54.9 Å². The second kappa shape index (κ2) is 8.29. The van der Waals surface area contributed by atoms with Crippen molar-refractivity contribution in [3.8, 4) is 0 Å². The zero-order valence-electron chi connectivity index (χ0n) is 13.1. The van der Waals surface area contributed by atoms with Gasteiger partial charge in [0.1, 0.15) is 5.01 Å². The van der Waals surface area contributed by atoms with Gasteiger partial charge in [-0.1, -0.05) is 60.4 Å². The number of hydrogen-bond acceptors (Lipinski definition) is 5. The van der Waals surface area contributed by atoms with Crippen molar-refractivity contribution in [3.05, 3.63) is 40.9 Å². The number of thioether (sulfide) groups is 1. The van der Waals surface area contributed by atoms with Gasteiger partial charge < -0.3 is 5.32 Å². The van der Waals surface area contributed by atoms with Gasteiger partial charge in [-0.2, -0.15) is 0 Å². The molecule has 6 heteroatoms. The minimum Gasteiger partial charge on any atom is -0.355 e. The molecule has 0 fully saturated rings. The molecule has 0 unspecified atom stereocenters. The molecule has 0 bridgehead atoms. The normalized spacial score (nSPS) is 13.6. The summed E-state index contributed by atoms with van der Waals surface area (Å²) in [5.41, 5.74) is 1.27. The number of carbonyl (C=O) groups excluding carboxylic acids is 1. The van der Waals surface area contributed by atoms with Crippen LogP contribution in [-0.2, 0) is 4.79 Å². The summed E-state index contributed by atoms with van der Waals surface area (Å²) in [5, 5.41) is 11.8. The van der Waals surface area contributed by atoms with Crippen molar-refractivity contribution in [3.63, 3.8) is 0 Å². The van der Waals surface area contributed by atoms with E-state index in [0.29, 0.717) is 12.5 Å². The van der Waals surface area contributed by atoms with Crippen molar-refractivity contribution in [1.82, 2.24) is 15.5 Å². The Kier molecular flexibility index (Phi) is 6.39. The van der Waals surface area contributed by atoms with E-state index in [2.05, 4.69) is 34.6 Å². The van der Waals surface area contributed by atoms with Crippen molar-refractivity contribution in [2.24, 2.45) is 0 Å². The van der Waals surface area contributed by atoms with E-state index in [0.717, 1.165) is 15.8 Å². The summed E-state index contributed by atoms with van der Waals surface area (Å²) in [6.45, 7) is 6.63. The van der Waals surface area contributed by atoms with E-state index < -0.39 is 0 Å². The molecular formula is C16H21N3OS2. The standard InChI is InChI=1S/C16H21N3OS2/c1-4-13(14-8-6-5-7-9-14)10-17-15(20)11(2)21-16-19-18-12(3)22-16/h5-9,11,13H,4,10H2,1-3H3,(H,17,20)/t11-,13-/m0/s1. The largest absolute Gasteiger partial charge is 0.355 e. The summed E-state index contributed by atoms with van der Waals surface area (Å²) in [7, 11) is 0. The third-order valence-electron chi connectivity index (χ3n) is 3.44. The molecule has 1 N–H and O–H groups in total.